The normalized spacial score (nSPS) is 13.9. The molecule has 10 heteroatoms. The first-order chi connectivity index (χ1) is 13.4. The number of hydrogen-bond acceptors (Lipinski definition) is 3. The number of rotatable bonds is 7. The summed E-state index contributed by atoms with van der Waals surface area (Å²) < 4.78 is 54.9. The van der Waals surface area contributed by atoms with Crippen molar-refractivity contribution < 1.29 is 22.0 Å². The van der Waals surface area contributed by atoms with Gasteiger partial charge < -0.3 is 5.32 Å². The smallest absolute Gasteiger partial charge is 0.244 e. The fourth-order valence-electron chi connectivity index (χ4n) is 2.69. The Labute approximate surface area is 178 Å². The number of sulfonamides is 1. The minimum Gasteiger partial charge on any atom is -0.348 e. The molecule has 0 aromatic heterocycles. The third-order valence-electron chi connectivity index (χ3n) is 4.21. The van der Waals surface area contributed by atoms with Crippen molar-refractivity contribution in [1.29, 1.82) is 0 Å². The molecule has 0 aliphatic heterocycles. The lowest BCUT2D eigenvalue weighted by Gasteiger charge is -2.24. The van der Waals surface area contributed by atoms with Crippen molar-refractivity contribution in [3.05, 3.63) is 63.6 Å². The second-order valence-corrected chi connectivity index (χ2v) is 9.26. The zero-order valence-electron chi connectivity index (χ0n) is 15.8. The van der Waals surface area contributed by atoms with Crippen LogP contribution in [-0.2, 0) is 14.8 Å². The molecule has 5 nitrogen and oxygen atoms in total. The second kappa shape index (κ2) is 9.38. The van der Waals surface area contributed by atoms with Crippen LogP contribution < -0.4 is 10.0 Å². The number of hydrogen-bond donors (Lipinski definition) is 2. The van der Waals surface area contributed by atoms with E-state index in [1.807, 2.05) is 0 Å². The third-order valence-corrected chi connectivity index (χ3v) is 6.60. The lowest BCUT2D eigenvalue weighted by molar-refractivity contribution is -0.124. The van der Waals surface area contributed by atoms with Gasteiger partial charge in [0, 0.05) is 11.6 Å². The van der Waals surface area contributed by atoms with Crippen molar-refractivity contribution in [2.75, 3.05) is 0 Å². The van der Waals surface area contributed by atoms with Crippen LogP contribution in [0.2, 0.25) is 10.0 Å². The standard InChI is InChI=1S/C19H20Cl2F2N2O3S/c1-10(2)17(25-29(27,28)18-14(20)5-4-6-15(18)21)19(26)24-11(3)13-8-7-12(22)9-16(13)23/h4-11,17,25H,1-3H3,(H,24,26)/t11-,17+/m1/s1. The fourth-order valence-corrected chi connectivity index (χ4v) is 5.18. The quantitative estimate of drug-likeness (QED) is 0.635. The molecular weight excluding hydrogens is 445 g/mol. The molecule has 29 heavy (non-hydrogen) atoms. The van der Waals surface area contributed by atoms with Crippen molar-refractivity contribution in [2.24, 2.45) is 5.92 Å². The van der Waals surface area contributed by atoms with Crippen LogP contribution >= 0.6 is 23.2 Å². The van der Waals surface area contributed by atoms with Crippen molar-refractivity contribution in [2.45, 2.75) is 37.8 Å². The van der Waals surface area contributed by atoms with Gasteiger partial charge in [0.05, 0.1) is 16.1 Å². The summed E-state index contributed by atoms with van der Waals surface area (Å²) in [6.45, 7) is 4.79. The largest absolute Gasteiger partial charge is 0.348 e. The Morgan fingerprint density at radius 1 is 1.03 bits per heavy atom. The molecule has 2 aromatic rings. The van der Waals surface area contributed by atoms with Gasteiger partial charge in [0.25, 0.3) is 0 Å². The van der Waals surface area contributed by atoms with Crippen molar-refractivity contribution in [3.63, 3.8) is 0 Å². The maximum Gasteiger partial charge on any atom is 0.244 e. The van der Waals surface area contributed by atoms with Crippen LogP contribution in [0, 0.1) is 17.6 Å². The number of nitrogens with one attached hydrogen (secondary N) is 2. The van der Waals surface area contributed by atoms with Crippen LogP contribution in [0.1, 0.15) is 32.4 Å². The summed E-state index contributed by atoms with van der Waals surface area (Å²) in [4.78, 5) is 12.4. The summed E-state index contributed by atoms with van der Waals surface area (Å²) in [5.74, 6) is -2.68. The van der Waals surface area contributed by atoms with Gasteiger partial charge in [-0.05, 0) is 31.0 Å². The van der Waals surface area contributed by atoms with Gasteiger partial charge in [0.2, 0.25) is 15.9 Å². The highest BCUT2D eigenvalue weighted by Crippen LogP contribution is 2.29. The summed E-state index contributed by atoms with van der Waals surface area (Å²) in [5, 5.41) is 2.37. The average Bonchev–Trinajstić information content (AvgIpc) is 2.58. The Balaban J connectivity index is 2.26. The lowest BCUT2D eigenvalue weighted by atomic mass is 10.0. The van der Waals surface area contributed by atoms with Crippen LogP contribution in [0.15, 0.2) is 41.3 Å². The van der Waals surface area contributed by atoms with Gasteiger partial charge in [0.15, 0.2) is 0 Å². The average molecular weight is 465 g/mol. The van der Waals surface area contributed by atoms with Gasteiger partial charge in [-0.1, -0.05) is 49.2 Å². The summed E-state index contributed by atoms with van der Waals surface area (Å²) in [6.07, 6.45) is 0. The van der Waals surface area contributed by atoms with Gasteiger partial charge in [-0.25, -0.2) is 17.2 Å². The zero-order valence-corrected chi connectivity index (χ0v) is 18.2. The zero-order chi connectivity index (χ0) is 21.9. The number of carbonyl (C=O) groups excluding carboxylic acids is 1. The van der Waals surface area contributed by atoms with Gasteiger partial charge in [-0.3, -0.25) is 4.79 Å². The molecule has 0 spiro atoms. The Bertz CT molecular complexity index is 996. The molecular formula is C19H20Cl2F2N2O3S. The van der Waals surface area contributed by atoms with Crippen LogP contribution in [-0.4, -0.2) is 20.4 Å². The molecule has 0 radical (unpaired) electrons. The van der Waals surface area contributed by atoms with Crippen LogP contribution in [0.25, 0.3) is 0 Å². The molecule has 0 bridgehead atoms. The van der Waals surface area contributed by atoms with E-state index in [0.717, 1.165) is 6.07 Å². The molecule has 2 aromatic carbocycles. The monoisotopic (exact) mass is 464 g/mol. The van der Waals surface area contributed by atoms with Gasteiger partial charge in [-0.2, -0.15) is 4.72 Å². The third kappa shape index (κ3) is 5.66. The van der Waals surface area contributed by atoms with Crippen LogP contribution in [0.4, 0.5) is 8.78 Å². The van der Waals surface area contributed by atoms with E-state index in [1.54, 1.807) is 13.8 Å². The molecule has 0 fully saturated rings. The summed E-state index contributed by atoms with van der Waals surface area (Å²) in [6, 6.07) is 5.22. The van der Waals surface area contributed by atoms with Crippen LogP contribution in [0.3, 0.4) is 0 Å². The Kier molecular flexibility index (Phi) is 7.62. The molecule has 158 valence electrons. The van der Waals surface area contributed by atoms with E-state index >= 15 is 0 Å². The van der Waals surface area contributed by atoms with Crippen molar-refractivity contribution >= 4 is 39.1 Å². The van der Waals surface area contributed by atoms with Gasteiger partial charge in [0.1, 0.15) is 22.6 Å². The summed E-state index contributed by atoms with van der Waals surface area (Å²) >= 11 is 11.9. The first kappa shape index (κ1) is 23.5. The predicted molar refractivity (Wildman–Crippen MR) is 108 cm³/mol. The van der Waals surface area contributed by atoms with Gasteiger partial charge >= 0.3 is 0 Å². The van der Waals surface area contributed by atoms with Crippen molar-refractivity contribution in [1.82, 2.24) is 10.0 Å². The summed E-state index contributed by atoms with van der Waals surface area (Å²) in [5.41, 5.74) is 0.0688. The van der Waals surface area contributed by atoms with E-state index in [0.29, 0.717) is 6.07 Å². The maximum absolute atomic E-state index is 14.0. The molecule has 0 aliphatic rings. The molecule has 2 N–H and O–H groups in total. The molecule has 0 saturated carbocycles. The molecule has 0 saturated heterocycles. The minimum absolute atomic E-state index is 0.0688. The number of benzene rings is 2. The predicted octanol–water partition coefficient (Wildman–Crippen LogP) is 4.45. The first-order valence-corrected chi connectivity index (χ1v) is 10.9. The molecule has 0 unspecified atom stereocenters. The Morgan fingerprint density at radius 2 is 1.62 bits per heavy atom. The maximum atomic E-state index is 14.0. The van der Waals surface area contributed by atoms with E-state index < -0.39 is 45.6 Å². The van der Waals surface area contributed by atoms with E-state index in [9.17, 15) is 22.0 Å². The highest BCUT2D eigenvalue weighted by molar-refractivity contribution is 7.89. The highest BCUT2D eigenvalue weighted by Gasteiger charge is 2.31. The molecule has 2 rings (SSSR count). The van der Waals surface area contributed by atoms with E-state index in [1.165, 1.54) is 31.2 Å². The van der Waals surface area contributed by atoms with Crippen molar-refractivity contribution in [3.8, 4) is 0 Å². The minimum atomic E-state index is -4.22. The first-order valence-electron chi connectivity index (χ1n) is 8.65. The molecule has 0 heterocycles. The van der Waals surface area contributed by atoms with E-state index in [4.69, 9.17) is 23.2 Å². The number of carbonyl (C=O) groups is 1. The number of amides is 1. The molecule has 1 amide bonds. The fraction of sp³-hybridized carbons (Fsp3) is 0.316. The topological polar surface area (TPSA) is 75.3 Å². The Morgan fingerprint density at radius 3 is 2.14 bits per heavy atom. The highest BCUT2D eigenvalue weighted by atomic mass is 35.5. The van der Waals surface area contributed by atoms with Gasteiger partial charge in [-0.15, -0.1) is 0 Å². The van der Waals surface area contributed by atoms with Crippen LogP contribution in [0.5, 0.6) is 0 Å². The summed E-state index contributed by atoms with van der Waals surface area (Å²) in [7, 11) is -4.22. The molecule has 2 atom stereocenters. The number of halogens is 4. The second-order valence-electron chi connectivity index (χ2n) is 6.79. The Hall–Kier alpha value is -1.74. The molecule has 0 aliphatic carbocycles. The lowest BCUT2D eigenvalue weighted by Crippen LogP contribution is -2.50. The van der Waals surface area contributed by atoms with E-state index in [2.05, 4.69) is 10.0 Å². The SMILES string of the molecule is CC(C)[C@H](NS(=O)(=O)c1c(Cl)cccc1Cl)C(=O)N[C@H](C)c1ccc(F)cc1F. The van der Waals surface area contributed by atoms with E-state index in [-0.39, 0.29) is 20.5 Å².